The Hall–Kier alpha value is -1.45. The Kier molecular flexibility index (Phi) is 4.51. The van der Waals surface area contributed by atoms with Gasteiger partial charge < -0.3 is 10.1 Å². The Labute approximate surface area is 115 Å². The molecule has 1 aromatic carbocycles. The lowest BCUT2D eigenvalue weighted by molar-refractivity contribution is 0.199. The molecule has 0 unspecified atom stereocenters. The van der Waals surface area contributed by atoms with Crippen molar-refractivity contribution < 1.29 is 4.74 Å². The number of methoxy groups -OCH3 is 1. The van der Waals surface area contributed by atoms with Crippen molar-refractivity contribution in [3.63, 3.8) is 0 Å². The monoisotopic (exact) mass is 258 g/mol. The lowest BCUT2D eigenvalue weighted by Gasteiger charge is -2.11. The molecule has 19 heavy (non-hydrogen) atoms. The van der Waals surface area contributed by atoms with Crippen molar-refractivity contribution >= 4 is 10.9 Å². The summed E-state index contributed by atoms with van der Waals surface area (Å²) >= 11 is 0. The maximum absolute atomic E-state index is 5.05. The minimum Gasteiger partial charge on any atom is -0.383 e. The number of nitrogens with zero attached hydrogens (tertiary/aromatic N) is 1. The first-order chi connectivity index (χ1) is 9.11. The highest BCUT2D eigenvalue weighted by molar-refractivity contribution is 5.85. The van der Waals surface area contributed by atoms with Gasteiger partial charge in [-0.1, -0.05) is 11.6 Å². The number of fused-ring (bicyclic) bond motifs is 1. The van der Waals surface area contributed by atoms with E-state index in [0.29, 0.717) is 0 Å². The molecule has 102 valence electrons. The molecule has 2 aromatic rings. The lowest BCUT2D eigenvalue weighted by Crippen LogP contribution is -2.19. The maximum atomic E-state index is 5.05. The number of benzene rings is 1. The van der Waals surface area contributed by atoms with Crippen LogP contribution in [0, 0.1) is 20.8 Å². The van der Waals surface area contributed by atoms with Gasteiger partial charge in [0.05, 0.1) is 12.1 Å². The second kappa shape index (κ2) is 6.13. The molecule has 3 heteroatoms. The van der Waals surface area contributed by atoms with E-state index in [0.717, 1.165) is 30.9 Å². The summed E-state index contributed by atoms with van der Waals surface area (Å²) < 4.78 is 5.05. The van der Waals surface area contributed by atoms with Gasteiger partial charge >= 0.3 is 0 Å². The van der Waals surface area contributed by atoms with Gasteiger partial charge in [-0.2, -0.15) is 0 Å². The van der Waals surface area contributed by atoms with Crippen LogP contribution in [0.5, 0.6) is 0 Å². The van der Waals surface area contributed by atoms with Gasteiger partial charge in [-0.25, -0.2) is 0 Å². The Morgan fingerprint density at radius 2 is 1.95 bits per heavy atom. The molecule has 0 aliphatic rings. The first-order valence-corrected chi connectivity index (χ1v) is 6.69. The smallest absolute Gasteiger partial charge is 0.0737 e. The second-order valence-corrected chi connectivity index (χ2v) is 5.07. The van der Waals surface area contributed by atoms with Crippen LogP contribution < -0.4 is 5.32 Å². The van der Waals surface area contributed by atoms with E-state index < -0.39 is 0 Å². The molecule has 0 radical (unpaired) electrons. The molecular weight excluding hydrogens is 236 g/mol. The van der Waals surface area contributed by atoms with Gasteiger partial charge in [-0.3, -0.25) is 4.98 Å². The van der Waals surface area contributed by atoms with Crippen molar-refractivity contribution in [2.45, 2.75) is 27.3 Å². The average Bonchev–Trinajstić information content (AvgIpc) is 2.36. The Morgan fingerprint density at radius 1 is 1.16 bits per heavy atom. The molecule has 0 amide bonds. The van der Waals surface area contributed by atoms with Crippen LogP contribution in [-0.2, 0) is 11.3 Å². The van der Waals surface area contributed by atoms with Crippen LogP contribution in [0.4, 0.5) is 0 Å². The summed E-state index contributed by atoms with van der Waals surface area (Å²) in [5.74, 6) is 0. The molecule has 0 aliphatic heterocycles. The van der Waals surface area contributed by atoms with Crippen molar-refractivity contribution in [3.05, 3.63) is 40.6 Å². The van der Waals surface area contributed by atoms with Crippen molar-refractivity contribution in [1.82, 2.24) is 10.3 Å². The largest absolute Gasteiger partial charge is 0.383 e. The number of ether oxygens (including phenoxy) is 1. The molecule has 3 nitrogen and oxygen atoms in total. The first-order valence-electron chi connectivity index (χ1n) is 6.69. The number of aromatic nitrogens is 1. The fourth-order valence-electron chi connectivity index (χ4n) is 2.44. The van der Waals surface area contributed by atoms with Crippen molar-refractivity contribution in [2.24, 2.45) is 0 Å². The molecule has 0 saturated heterocycles. The molecule has 0 bridgehead atoms. The summed E-state index contributed by atoms with van der Waals surface area (Å²) in [6, 6.07) is 6.58. The third-order valence-corrected chi connectivity index (χ3v) is 3.26. The molecule has 0 spiro atoms. The van der Waals surface area contributed by atoms with Crippen LogP contribution >= 0.6 is 0 Å². The highest BCUT2D eigenvalue weighted by Gasteiger charge is 2.07. The maximum Gasteiger partial charge on any atom is 0.0737 e. The van der Waals surface area contributed by atoms with Gasteiger partial charge in [-0.05, 0) is 44.0 Å². The van der Waals surface area contributed by atoms with Crippen LogP contribution in [0.2, 0.25) is 0 Å². The molecule has 1 aromatic heterocycles. The van der Waals surface area contributed by atoms with E-state index in [2.05, 4.69) is 49.3 Å². The van der Waals surface area contributed by atoms with Gasteiger partial charge in [0.2, 0.25) is 0 Å². The molecular formula is C16H22N2O. The summed E-state index contributed by atoms with van der Waals surface area (Å²) in [7, 11) is 1.72. The zero-order valence-corrected chi connectivity index (χ0v) is 12.2. The number of hydrogen-bond donors (Lipinski definition) is 1. The molecule has 2 rings (SSSR count). The lowest BCUT2D eigenvalue weighted by atomic mass is 10.0. The zero-order valence-electron chi connectivity index (χ0n) is 12.2. The summed E-state index contributed by atoms with van der Waals surface area (Å²) in [5.41, 5.74) is 6.04. The minimum atomic E-state index is 0.736. The Balaban J connectivity index is 2.36. The van der Waals surface area contributed by atoms with E-state index in [4.69, 9.17) is 4.74 Å². The van der Waals surface area contributed by atoms with E-state index in [9.17, 15) is 0 Å². The van der Waals surface area contributed by atoms with E-state index in [1.165, 1.54) is 22.1 Å². The van der Waals surface area contributed by atoms with Gasteiger partial charge in [-0.15, -0.1) is 0 Å². The molecule has 1 N–H and O–H groups in total. The predicted molar refractivity (Wildman–Crippen MR) is 79.5 cm³/mol. The van der Waals surface area contributed by atoms with Gasteiger partial charge in [0.1, 0.15) is 0 Å². The van der Waals surface area contributed by atoms with Gasteiger partial charge in [0.25, 0.3) is 0 Å². The quantitative estimate of drug-likeness (QED) is 0.837. The summed E-state index contributed by atoms with van der Waals surface area (Å²) in [4.78, 5) is 4.67. The Morgan fingerprint density at radius 3 is 2.68 bits per heavy atom. The minimum absolute atomic E-state index is 0.736. The van der Waals surface area contributed by atoms with Crippen LogP contribution in [0.3, 0.4) is 0 Å². The number of aryl methyl sites for hydroxylation is 3. The van der Waals surface area contributed by atoms with E-state index in [-0.39, 0.29) is 0 Å². The van der Waals surface area contributed by atoms with E-state index in [1.54, 1.807) is 7.11 Å². The van der Waals surface area contributed by atoms with Gasteiger partial charge in [0, 0.05) is 31.3 Å². The number of rotatable bonds is 5. The first kappa shape index (κ1) is 14.0. The zero-order chi connectivity index (χ0) is 13.8. The summed E-state index contributed by atoms with van der Waals surface area (Å²) in [6.07, 6.45) is 0. The number of pyridine rings is 1. The van der Waals surface area contributed by atoms with Gasteiger partial charge in [0.15, 0.2) is 0 Å². The summed E-state index contributed by atoms with van der Waals surface area (Å²) in [6.45, 7) is 8.77. The van der Waals surface area contributed by atoms with Crippen LogP contribution in [-0.4, -0.2) is 25.2 Å². The molecule has 0 aliphatic carbocycles. The summed E-state index contributed by atoms with van der Waals surface area (Å²) in [5, 5.41) is 4.67. The highest BCUT2D eigenvalue weighted by atomic mass is 16.5. The fraction of sp³-hybridized carbons (Fsp3) is 0.438. The number of hydrogen-bond acceptors (Lipinski definition) is 3. The molecule has 0 atom stereocenters. The SMILES string of the molecule is COCCNCc1cc(C)nc2c(C)cc(C)cc12. The van der Waals surface area contributed by atoms with Crippen molar-refractivity contribution in [1.29, 1.82) is 0 Å². The topological polar surface area (TPSA) is 34.1 Å². The van der Waals surface area contributed by atoms with E-state index in [1.807, 2.05) is 0 Å². The molecule has 1 heterocycles. The third kappa shape index (κ3) is 3.31. The molecule has 0 fully saturated rings. The fourth-order valence-corrected chi connectivity index (χ4v) is 2.44. The predicted octanol–water partition coefficient (Wildman–Crippen LogP) is 2.90. The van der Waals surface area contributed by atoms with Crippen LogP contribution in [0.1, 0.15) is 22.4 Å². The average molecular weight is 258 g/mol. The Bertz CT molecular complexity index is 578. The number of nitrogens with one attached hydrogen (secondary N) is 1. The highest BCUT2D eigenvalue weighted by Crippen LogP contribution is 2.23. The van der Waals surface area contributed by atoms with Crippen LogP contribution in [0.15, 0.2) is 18.2 Å². The van der Waals surface area contributed by atoms with Crippen LogP contribution in [0.25, 0.3) is 10.9 Å². The third-order valence-electron chi connectivity index (χ3n) is 3.26. The molecule has 0 saturated carbocycles. The van der Waals surface area contributed by atoms with E-state index >= 15 is 0 Å². The van der Waals surface area contributed by atoms with Crippen molar-refractivity contribution in [2.75, 3.05) is 20.3 Å². The second-order valence-electron chi connectivity index (χ2n) is 5.07. The van der Waals surface area contributed by atoms with Crippen molar-refractivity contribution in [3.8, 4) is 0 Å². The normalized spacial score (nSPS) is 11.2. The standard InChI is InChI=1S/C16H22N2O/c1-11-7-12(2)16-15(8-11)14(9-13(3)18-16)10-17-5-6-19-4/h7-9,17H,5-6,10H2,1-4H3.